The SMILES string of the molecule is c1ccc(/C(=N\Nc2ncccn2)c2ccccn2)cc1. The first-order chi connectivity index (χ1) is 10.4. The number of hydrazone groups is 1. The van der Waals surface area contributed by atoms with E-state index in [0.717, 1.165) is 17.0 Å². The van der Waals surface area contributed by atoms with Crippen LogP contribution in [-0.4, -0.2) is 20.7 Å². The lowest BCUT2D eigenvalue weighted by Crippen LogP contribution is -2.09. The number of pyridine rings is 1. The van der Waals surface area contributed by atoms with Gasteiger partial charge in [0.15, 0.2) is 0 Å². The monoisotopic (exact) mass is 275 g/mol. The van der Waals surface area contributed by atoms with Crippen LogP contribution >= 0.6 is 0 Å². The molecule has 21 heavy (non-hydrogen) atoms. The van der Waals surface area contributed by atoms with Gasteiger partial charge in [-0.15, -0.1) is 0 Å². The van der Waals surface area contributed by atoms with E-state index < -0.39 is 0 Å². The summed E-state index contributed by atoms with van der Waals surface area (Å²) in [5.41, 5.74) is 5.36. The minimum atomic E-state index is 0.446. The molecule has 0 saturated heterocycles. The van der Waals surface area contributed by atoms with Gasteiger partial charge in [-0.2, -0.15) is 5.10 Å². The molecule has 0 aliphatic carbocycles. The molecule has 1 aromatic carbocycles. The minimum absolute atomic E-state index is 0.446. The summed E-state index contributed by atoms with van der Waals surface area (Å²) in [5.74, 6) is 0.446. The first kappa shape index (κ1) is 12.9. The maximum atomic E-state index is 4.41. The third-order valence-electron chi connectivity index (χ3n) is 2.79. The molecule has 5 heteroatoms. The zero-order chi connectivity index (χ0) is 14.3. The molecule has 1 N–H and O–H groups in total. The summed E-state index contributed by atoms with van der Waals surface area (Å²) in [7, 11) is 0. The molecule has 102 valence electrons. The number of hydrogen-bond acceptors (Lipinski definition) is 5. The first-order valence-electron chi connectivity index (χ1n) is 6.51. The average molecular weight is 275 g/mol. The summed E-state index contributed by atoms with van der Waals surface area (Å²) in [6.45, 7) is 0. The first-order valence-corrected chi connectivity index (χ1v) is 6.51. The van der Waals surface area contributed by atoms with Gasteiger partial charge in [0.1, 0.15) is 5.71 Å². The third kappa shape index (κ3) is 3.27. The van der Waals surface area contributed by atoms with Crippen LogP contribution in [0.25, 0.3) is 0 Å². The molecule has 3 aromatic rings. The largest absolute Gasteiger partial charge is 0.255 e. The standard InChI is InChI=1S/C16H13N5/c1-2-7-13(8-3-1)15(14-9-4-5-10-17-14)20-21-16-18-11-6-12-19-16/h1-12H,(H,18,19,21)/b20-15+. The molecule has 0 fully saturated rings. The fraction of sp³-hybridized carbons (Fsp3) is 0. The van der Waals surface area contributed by atoms with Crippen molar-refractivity contribution in [2.45, 2.75) is 0 Å². The van der Waals surface area contributed by atoms with E-state index in [1.54, 1.807) is 24.7 Å². The molecule has 0 aliphatic rings. The number of aromatic nitrogens is 3. The molecule has 2 aromatic heterocycles. The van der Waals surface area contributed by atoms with Crippen LogP contribution in [0.1, 0.15) is 11.3 Å². The summed E-state index contributed by atoms with van der Waals surface area (Å²) >= 11 is 0. The Morgan fingerprint density at radius 3 is 2.19 bits per heavy atom. The second-order valence-electron chi connectivity index (χ2n) is 4.23. The van der Waals surface area contributed by atoms with Gasteiger partial charge in [-0.3, -0.25) is 4.98 Å². The molecule has 0 radical (unpaired) electrons. The Balaban J connectivity index is 1.97. The number of hydrogen-bond donors (Lipinski definition) is 1. The van der Waals surface area contributed by atoms with Crippen LogP contribution in [-0.2, 0) is 0 Å². The van der Waals surface area contributed by atoms with Gasteiger partial charge in [-0.25, -0.2) is 15.4 Å². The lowest BCUT2D eigenvalue weighted by atomic mass is 10.1. The van der Waals surface area contributed by atoms with Gasteiger partial charge in [0.25, 0.3) is 0 Å². The predicted octanol–water partition coefficient (Wildman–Crippen LogP) is 2.74. The predicted molar refractivity (Wildman–Crippen MR) is 82.0 cm³/mol. The summed E-state index contributed by atoms with van der Waals surface area (Å²) in [6, 6.07) is 17.3. The molecular formula is C16H13N5. The van der Waals surface area contributed by atoms with Crippen molar-refractivity contribution in [2.75, 3.05) is 5.43 Å². The minimum Gasteiger partial charge on any atom is -0.255 e. The Hall–Kier alpha value is -3.08. The van der Waals surface area contributed by atoms with Gasteiger partial charge in [0, 0.05) is 24.2 Å². The summed E-state index contributed by atoms with van der Waals surface area (Å²) in [4.78, 5) is 12.5. The van der Waals surface area contributed by atoms with Crippen LogP contribution in [0.2, 0.25) is 0 Å². The second-order valence-corrected chi connectivity index (χ2v) is 4.23. The fourth-order valence-corrected chi connectivity index (χ4v) is 1.83. The Morgan fingerprint density at radius 2 is 1.48 bits per heavy atom. The molecule has 0 atom stereocenters. The van der Waals surface area contributed by atoms with Crippen LogP contribution in [0, 0.1) is 0 Å². The van der Waals surface area contributed by atoms with E-state index in [2.05, 4.69) is 25.5 Å². The quantitative estimate of drug-likeness (QED) is 0.587. The van der Waals surface area contributed by atoms with Gasteiger partial charge in [0.2, 0.25) is 5.95 Å². The van der Waals surface area contributed by atoms with Crippen molar-refractivity contribution in [3.63, 3.8) is 0 Å². The number of benzene rings is 1. The third-order valence-corrected chi connectivity index (χ3v) is 2.79. The zero-order valence-electron chi connectivity index (χ0n) is 11.2. The summed E-state index contributed by atoms with van der Waals surface area (Å²) < 4.78 is 0. The van der Waals surface area contributed by atoms with E-state index >= 15 is 0 Å². The number of rotatable bonds is 4. The van der Waals surface area contributed by atoms with Crippen molar-refractivity contribution in [3.05, 3.63) is 84.4 Å². The summed E-state index contributed by atoms with van der Waals surface area (Å²) in [6.07, 6.45) is 5.06. The van der Waals surface area contributed by atoms with E-state index in [0.29, 0.717) is 5.95 Å². The normalized spacial score (nSPS) is 11.1. The summed E-state index contributed by atoms with van der Waals surface area (Å²) in [5, 5.41) is 4.41. The lowest BCUT2D eigenvalue weighted by Gasteiger charge is -2.06. The Labute approximate surface area is 122 Å². The average Bonchev–Trinajstić information content (AvgIpc) is 2.58. The van der Waals surface area contributed by atoms with Crippen LogP contribution < -0.4 is 5.43 Å². The topological polar surface area (TPSA) is 63.1 Å². The van der Waals surface area contributed by atoms with Crippen LogP contribution in [0.15, 0.2) is 78.3 Å². The zero-order valence-corrected chi connectivity index (χ0v) is 11.2. The van der Waals surface area contributed by atoms with Crippen LogP contribution in [0.5, 0.6) is 0 Å². The van der Waals surface area contributed by atoms with Crippen molar-refractivity contribution < 1.29 is 0 Å². The highest BCUT2D eigenvalue weighted by Gasteiger charge is 2.08. The van der Waals surface area contributed by atoms with Crippen molar-refractivity contribution in [1.82, 2.24) is 15.0 Å². The van der Waals surface area contributed by atoms with E-state index in [4.69, 9.17) is 0 Å². The van der Waals surface area contributed by atoms with Crippen molar-refractivity contribution in [2.24, 2.45) is 5.10 Å². The molecule has 0 spiro atoms. The van der Waals surface area contributed by atoms with E-state index in [-0.39, 0.29) is 0 Å². The Bertz CT molecular complexity index is 670. The second kappa shape index (κ2) is 6.38. The number of anilines is 1. The molecule has 2 heterocycles. The van der Waals surface area contributed by atoms with Gasteiger partial charge < -0.3 is 0 Å². The van der Waals surface area contributed by atoms with Crippen molar-refractivity contribution in [1.29, 1.82) is 0 Å². The fourth-order valence-electron chi connectivity index (χ4n) is 1.83. The molecular weight excluding hydrogens is 262 g/mol. The van der Waals surface area contributed by atoms with Gasteiger partial charge >= 0.3 is 0 Å². The molecule has 3 rings (SSSR count). The molecule has 0 unspecified atom stereocenters. The van der Waals surface area contributed by atoms with Crippen LogP contribution in [0.3, 0.4) is 0 Å². The molecule has 0 amide bonds. The number of nitrogens with zero attached hydrogens (tertiary/aromatic N) is 4. The maximum Gasteiger partial charge on any atom is 0.243 e. The lowest BCUT2D eigenvalue weighted by molar-refractivity contribution is 1.11. The van der Waals surface area contributed by atoms with Crippen molar-refractivity contribution >= 4 is 11.7 Å². The highest BCUT2D eigenvalue weighted by molar-refractivity contribution is 6.11. The highest BCUT2D eigenvalue weighted by Crippen LogP contribution is 2.09. The van der Waals surface area contributed by atoms with Gasteiger partial charge in [-0.05, 0) is 18.2 Å². The Kier molecular flexibility index (Phi) is 3.93. The van der Waals surface area contributed by atoms with E-state index in [1.807, 2.05) is 48.5 Å². The van der Waals surface area contributed by atoms with Crippen molar-refractivity contribution in [3.8, 4) is 0 Å². The van der Waals surface area contributed by atoms with E-state index in [1.165, 1.54) is 0 Å². The van der Waals surface area contributed by atoms with Gasteiger partial charge in [0.05, 0.1) is 5.69 Å². The maximum absolute atomic E-state index is 4.41. The van der Waals surface area contributed by atoms with Gasteiger partial charge in [-0.1, -0.05) is 36.4 Å². The number of nitrogens with one attached hydrogen (secondary N) is 1. The molecule has 0 saturated carbocycles. The van der Waals surface area contributed by atoms with E-state index in [9.17, 15) is 0 Å². The molecule has 5 nitrogen and oxygen atoms in total. The Morgan fingerprint density at radius 1 is 0.762 bits per heavy atom. The molecule has 0 aliphatic heterocycles. The molecule has 0 bridgehead atoms. The highest BCUT2D eigenvalue weighted by atomic mass is 15.4. The van der Waals surface area contributed by atoms with Crippen LogP contribution in [0.4, 0.5) is 5.95 Å². The smallest absolute Gasteiger partial charge is 0.243 e.